The number of imide groups is 1. The van der Waals surface area contributed by atoms with Crippen LogP contribution >= 0.6 is 0 Å². The fourth-order valence-corrected chi connectivity index (χ4v) is 3.92. The maximum absolute atomic E-state index is 13.4. The number of carbonyl (C=O) groups excluding carboxylic acids is 3. The Morgan fingerprint density at radius 1 is 1.10 bits per heavy atom. The number of hydrogen-bond acceptors (Lipinski definition) is 4. The average Bonchev–Trinajstić information content (AvgIpc) is 3.32. The smallest absolute Gasteiger partial charge is 0.322 e. The molecule has 2 aromatic carbocycles. The molecule has 3 heterocycles. The first-order valence-electron chi connectivity index (χ1n) is 9.36. The number of H-pyrrole nitrogens is 1. The minimum Gasteiger partial charge on any atom is -0.348 e. The van der Waals surface area contributed by atoms with Gasteiger partial charge in [-0.15, -0.1) is 0 Å². The number of halogens is 1. The lowest BCUT2D eigenvalue weighted by Crippen LogP contribution is -2.43. The summed E-state index contributed by atoms with van der Waals surface area (Å²) in [5.74, 6) is -1.31. The summed E-state index contributed by atoms with van der Waals surface area (Å²) in [4.78, 5) is 45.8. The van der Waals surface area contributed by atoms with Gasteiger partial charge in [0, 0.05) is 24.3 Å². The molecular formula is C21H16FN5O3. The number of amides is 4. The van der Waals surface area contributed by atoms with E-state index >= 15 is 0 Å². The molecule has 0 saturated carbocycles. The fourth-order valence-electron chi connectivity index (χ4n) is 3.92. The number of hydrogen-bond donors (Lipinski definition) is 3. The monoisotopic (exact) mass is 405 g/mol. The summed E-state index contributed by atoms with van der Waals surface area (Å²) >= 11 is 0. The number of nitrogens with one attached hydrogen (secondary N) is 3. The van der Waals surface area contributed by atoms with E-state index in [4.69, 9.17) is 0 Å². The van der Waals surface area contributed by atoms with Crippen molar-refractivity contribution in [1.82, 2.24) is 20.2 Å². The van der Waals surface area contributed by atoms with E-state index in [0.717, 1.165) is 11.3 Å². The van der Waals surface area contributed by atoms with Gasteiger partial charge in [-0.1, -0.05) is 12.1 Å². The third-order valence-electron chi connectivity index (χ3n) is 5.36. The van der Waals surface area contributed by atoms with Gasteiger partial charge in [-0.25, -0.2) is 14.2 Å². The van der Waals surface area contributed by atoms with Crippen LogP contribution in [-0.2, 0) is 6.42 Å². The van der Waals surface area contributed by atoms with Gasteiger partial charge in [-0.05, 0) is 35.9 Å². The van der Waals surface area contributed by atoms with Crippen LogP contribution in [0.25, 0.3) is 0 Å². The highest BCUT2D eigenvalue weighted by Gasteiger charge is 2.34. The topological polar surface area (TPSA) is 107 Å². The summed E-state index contributed by atoms with van der Waals surface area (Å²) in [6, 6.07) is 9.65. The van der Waals surface area contributed by atoms with Crippen LogP contribution in [0, 0.1) is 5.82 Å². The van der Waals surface area contributed by atoms with Gasteiger partial charge in [0.25, 0.3) is 11.8 Å². The van der Waals surface area contributed by atoms with Crippen molar-refractivity contribution in [3.05, 3.63) is 82.7 Å². The highest BCUT2D eigenvalue weighted by molar-refractivity contribution is 6.22. The zero-order valence-electron chi connectivity index (χ0n) is 15.6. The van der Waals surface area contributed by atoms with Crippen molar-refractivity contribution in [3.63, 3.8) is 0 Å². The third-order valence-corrected chi connectivity index (χ3v) is 5.36. The van der Waals surface area contributed by atoms with Crippen LogP contribution in [0.4, 0.5) is 14.9 Å². The number of urea groups is 1. The van der Waals surface area contributed by atoms with E-state index in [1.165, 1.54) is 24.3 Å². The molecule has 0 bridgehead atoms. The first kappa shape index (κ1) is 18.0. The number of nitrogens with zero attached hydrogens (tertiary/aromatic N) is 2. The summed E-state index contributed by atoms with van der Waals surface area (Å²) in [7, 11) is 0. The largest absolute Gasteiger partial charge is 0.348 e. The highest BCUT2D eigenvalue weighted by Crippen LogP contribution is 2.34. The molecule has 0 saturated heterocycles. The zero-order chi connectivity index (χ0) is 20.8. The van der Waals surface area contributed by atoms with E-state index in [0.29, 0.717) is 24.3 Å². The summed E-state index contributed by atoms with van der Waals surface area (Å²) in [5.41, 5.74) is 3.28. The van der Waals surface area contributed by atoms with Crippen molar-refractivity contribution in [3.8, 4) is 0 Å². The van der Waals surface area contributed by atoms with E-state index in [1.54, 1.807) is 29.4 Å². The van der Waals surface area contributed by atoms with Crippen molar-refractivity contribution in [2.75, 3.05) is 11.9 Å². The normalized spacial score (nSPS) is 17.4. The Morgan fingerprint density at radius 2 is 1.87 bits per heavy atom. The minimum absolute atomic E-state index is 0.223. The Hall–Kier alpha value is -4.01. The number of carbonyl (C=O) groups is 3. The SMILES string of the molecule is O=C1NC(=O)c2cc(NC(=O)N3CCc4[nH]cnc4C3c3ccc(F)cc3)ccc21. The number of benzene rings is 2. The predicted octanol–water partition coefficient (Wildman–Crippen LogP) is 2.61. The van der Waals surface area contributed by atoms with Crippen LogP contribution in [0.1, 0.15) is 43.7 Å². The van der Waals surface area contributed by atoms with Crippen LogP contribution in [0.2, 0.25) is 0 Å². The number of imidazole rings is 1. The van der Waals surface area contributed by atoms with Crippen LogP contribution in [0.5, 0.6) is 0 Å². The lowest BCUT2D eigenvalue weighted by molar-refractivity contribution is 0.0879. The van der Waals surface area contributed by atoms with Gasteiger partial charge in [0.1, 0.15) is 11.9 Å². The molecule has 2 aliphatic rings. The zero-order valence-corrected chi connectivity index (χ0v) is 15.6. The molecule has 0 radical (unpaired) electrons. The molecule has 5 rings (SSSR count). The van der Waals surface area contributed by atoms with Crippen LogP contribution in [0.15, 0.2) is 48.8 Å². The molecule has 9 heteroatoms. The summed E-state index contributed by atoms with van der Waals surface area (Å²) in [6.45, 7) is 0.424. The molecule has 1 unspecified atom stereocenters. The Balaban J connectivity index is 1.46. The third kappa shape index (κ3) is 2.91. The molecule has 0 fully saturated rings. The molecule has 8 nitrogen and oxygen atoms in total. The van der Waals surface area contributed by atoms with Crippen molar-refractivity contribution in [2.45, 2.75) is 12.5 Å². The maximum Gasteiger partial charge on any atom is 0.322 e. The lowest BCUT2D eigenvalue weighted by Gasteiger charge is -2.35. The van der Waals surface area contributed by atoms with Crippen molar-refractivity contribution in [1.29, 1.82) is 0 Å². The van der Waals surface area contributed by atoms with Gasteiger partial charge < -0.3 is 15.2 Å². The Labute approximate surface area is 170 Å². The fraction of sp³-hybridized carbons (Fsp3) is 0.143. The molecule has 30 heavy (non-hydrogen) atoms. The van der Waals surface area contributed by atoms with Gasteiger partial charge in [0.05, 0.1) is 23.1 Å². The van der Waals surface area contributed by atoms with Gasteiger partial charge in [-0.3, -0.25) is 14.9 Å². The number of fused-ring (bicyclic) bond motifs is 2. The van der Waals surface area contributed by atoms with E-state index in [9.17, 15) is 18.8 Å². The van der Waals surface area contributed by atoms with E-state index < -0.39 is 17.9 Å². The summed E-state index contributed by atoms with van der Waals surface area (Å²) in [5, 5.41) is 5.02. The van der Waals surface area contributed by atoms with Crippen LogP contribution < -0.4 is 10.6 Å². The van der Waals surface area contributed by atoms with Crippen molar-refractivity contribution >= 4 is 23.5 Å². The Kier molecular flexibility index (Phi) is 4.09. The van der Waals surface area contributed by atoms with Crippen LogP contribution in [-0.4, -0.2) is 39.3 Å². The van der Waals surface area contributed by atoms with Gasteiger partial charge in [0.2, 0.25) is 0 Å². The first-order valence-corrected chi connectivity index (χ1v) is 9.36. The number of aromatic amines is 1. The number of anilines is 1. The van der Waals surface area contributed by atoms with E-state index in [1.807, 2.05) is 0 Å². The number of rotatable bonds is 2. The molecule has 0 spiro atoms. The molecule has 3 aromatic rings. The summed E-state index contributed by atoms with van der Waals surface area (Å²) < 4.78 is 13.4. The predicted molar refractivity (Wildman–Crippen MR) is 104 cm³/mol. The Bertz CT molecular complexity index is 1190. The molecule has 3 N–H and O–H groups in total. The quantitative estimate of drug-likeness (QED) is 0.570. The average molecular weight is 405 g/mol. The second-order valence-electron chi connectivity index (χ2n) is 7.14. The Morgan fingerprint density at radius 3 is 2.67 bits per heavy atom. The highest BCUT2D eigenvalue weighted by atomic mass is 19.1. The van der Waals surface area contributed by atoms with Crippen molar-refractivity contribution in [2.24, 2.45) is 0 Å². The molecule has 4 amide bonds. The molecular weight excluding hydrogens is 389 g/mol. The number of aromatic nitrogens is 2. The van der Waals surface area contributed by atoms with Crippen molar-refractivity contribution < 1.29 is 18.8 Å². The summed E-state index contributed by atoms with van der Waals surface area (Å²) in [6.07, 6.45) is 2.18. The standard InChI is InChI=1S/C21H16FN5O3/c22-12-3-1-11(2-4-12)18-17-16(23-10-24-17)7-8-27(18)21(30)25-13-5-6-14-15(9-13)20(29)26-19(14)28/h1-6,9-10,18H,7-8H2,(H,23,24)(H,25,30)(H,26,28,29). The molecule has 1 atom stereocenters. The molecule has 150 valence electrons. The van der Waals surface area contributed by atoms with E-state index in [2.05, 4.69) is 20.6 Å². The van der Waals surface area contributed by atoms with Crippen LogP contribution in [0.3, 0.4) is 0 Å². The second-order valence-corrected chi connectivity index (χ2v) is 7.14. The van der Waals surface area contributed by atoms with E-state index in [-0.39, 0.29) is 23.0 Å². The van der Waals surface area contributed by atoms with Gasteiger partial charge >= 0.3 is 6.03 Å². The van der Waals surface area contributed by atoms with Gasteiger partial charge in [0.15, 0.2) is 0 Å². The minimum atomic E-state index is -0.491. The molecule has 2 aliphatic heterocycles. The first-order chi connectivity index (χ1) is 14.5. The van der Waals surface area contributed by atoms with Gasteiger partial charge in [-0.2, -0.15) is 0 Å². The molecule has 0 aliphatic carbocycles. The maximum atomic E-state index is 13.4. The lowest BCUT2D eigenvalue weighted by atomic mass is 9.96. The molecule has 1 aromatic heterocycles. The second kappa shape index (κ2) is 6.80.